The van der Waals surface area contributed by atoms with Gasteiger partial charge in [-0.05, 0) is 72.4 Å². The third kappa shape index (κ3) is 3.15. The molecular weight excluding hydrogens is 314 g/mol. The first kappa shape index (κ1) is 15.3. The molecule has 0 saturated carbocycles. The SMILES string of the molecule is CCCNC(c1occc1Br)c1c(C)cc(C)cc1C. The lowest BCUT2D eigenvalue weighted by molar-refractivity contribution is 0.442. The number of halogens is 1. The Hall–Kier alpha value is -1.06. The van der Waals surface area contributed by atoms with E-state index in [1.807, 2.05) is 6.07 Å². The molecule has 0 amide bonds. The Morgan fingerprint density at radius 1 is 1.20 bits per heavy atom. The van der Waals surface area contributed by atoms with Crippen LogP contribution in [0.4, 0.5) is 0 Å². The van der Waals surface area contributed by atoms with Crippen molar-refractivity contribution >= 4 is 15.9 Å². The minimum Gasteiger partial charge on any atom is -0.466 e. The zero-order valence-corrected chi connectivity index (χ0v) is 14.2. The number of aryl methyl sites for hydroxylation is 3. The van der Waals surface area contributed by atoms with E-state index in [9.17, 15) is 0 Å². The molecule has 1 unspecified atom stereocenters. The van der Waals surface area contributed by atoms with Crippen LogP contribution in [0.25, 0.3) is 0 Å². The van der Waals surface area contributed by atoms with Crippen molar-refractivity contribution in [3.05, 3.63) is 56.9 Å². The maximum atomic E-state index is 5.71. The van der Waals surface area contributed by atoms with Crippen molar-refractivity contribution in [2.45, 2.75) is 40.2 Å². The van der Waals surface area contributed by atoms with Crippen LogP contribution in [0.1, 0.15) is 47.4 Å². The molecule has 2 aromatic rings. The number of furan rings is 1. The van der Waals surface area contributed by atoms with E-state index < -0.39 is 0 Å². The zero-order chi connectivity index (χ0) is 14.7. The summed E-state index contributed by atoms with van der Waals surface area (Å²) in [6, 6.07) is 6.52. The Balaban J connectivity index is 2.50. The van der Waals surface area contributed by atoms with Crippen LogP contribution in [0.5, 0.6) is 0 Å². The summed E-state index contributed by atoms with van der Waals surface area (Å²) in [5.74, 6) is 0.952. The standard InChI is InChI=1S/C17H22BrNO/c1-5-7-19-16(17-14(18)6-8-20-17)15-12(3)9-11(2)10-13(15)4/h6,8-10,16,19H,5,7H2,1-4H3. The monoisotopic (exact) mass is 335 g/mol. The maximum Gasteiger partial charge on any atom is 0.139 e. The van der Waals surface area contributed by atoms with Gasteiger partial charge in [0.1, 0.15) is 5.76 Å². The van der Waals surface area contributed by atoms with E-state index in [-0.39, 0.29) is 6.04 Å². The molecule has 0 radical (unpaired) electrons. The van der Waals surface area contributed by atoms with E-state index in [2.05, 4.69) is 61.1 Å². The minimum absolute atomic E-state index is 0.0972. The molecule has 0 aliphatic heterocycles. The fourth-order valence-corrected chi connectivity index (χ4v) is 3.20. The maximum absolute atomic E-state index is 5.71. The molecule has 0 fully saturated rings. The smallest absolute Gasteiger partial charge is 0.139 e. The van der Waals surface area contributed by atoms with E-state index in [4.69, 9.17) is 4.42 Å². The molecule has 2 nitrogen and oxygen atoms in total. The van der Waals surface area contributed by atoms with Gasteiger partial charge >= 0.3 is 0 Å². The van der Waals surface area contributed by atoms with E-state index in [0.717, 1.165) is 23.2 Å². The van der Waals surface area contributed by atoms with Gasteiger partial charge in [-0.25, -0.2) is 0 Å². The zero-order valence-electron chi connectivity index (χ0n) is 12.6. The molecule has 20 heavy (non-hydrogen) atoms. The van der Waals surface area contributed by atoms with Crippen LogP contribution in [0.15, 0.2) is 33.4 Å². The normalized spacial score (nSPS) is 12.7. The molecule has 0 bridgehead atoms. The molecule has 1 heterocycles. The molecule has 0 aliphatic rings. The summed E-state index contributed by atoms with van der Waals surface area (Å²) >= 11 is 3.59. The van der Waals surface area contributed by atoms with Gasteiger partial charge in [0.2, 0.25) is 0 Å². The first-order chi connectivity index (χ1) is 9.54. The summed E-state index contributed by atoms with van der Waals surface area (Å²) in [4.78, 5) is 0. The molecule has 108 valence electrons. The van der Waals surface area contributed by atoms with Crippen molar-refractivity contribution in [1.82, 2.24) is 5.32 Å². The van der Waals surface area contributed by atoms with Crippen molar-refractivity contribution in [3.8, 4) is 0 Å². The first-order valence-corrected chi connectivity index (χ1v) is 7.88. The molecule has 2 rings (SSSR count). The van der Waals surface area contributed by atoms with Crippen LogP contribution in [0.3, 0.4) is 0 Å². The van der Waals surface area contributed by atoms with Crippen molar-refractivity contribution in [2.75, 3.05) is 6.54 Å². The van der Waals surface area contributed by atoms with Crippen molar-refractivity contribution < 1.29 is 4.42 Å². The minimum atomic E-state index is 0.0972. The third-order valence-corrected chi connectivity index (χ3v) is 4.19. The van der Waals surface area contributed by atoms with Gasteiger partial charge in [-0.1, -0.05) is 24.6 Å². The van der Waals surface area contributed by atoms with Gasteiger partial charge in [0.15, 0.2) is 0 Å². The lowest BCUT2D eigenvalue weighted by Crippen LogP contribution is -2.24. The molecule has 1 atom stereocenters. The topological polar surface area (TPSA) is 25.2 Å². The van der Waals surface area contributed by atoms with Gasteiger partial charge in [-0.3, -0.25) is 0 Å². The third-order valence-electron chi connectivity index (χ3n) is 3.53. The summed E-state index contributed by atoms with van der Waals surface area (Å²) in [6.45, 7) is 9.63. The Bertz CT molecular complexity index is 565. The number of hydrogen-bond acceptors (Lipinski definition) is 2. The lowest BCUT2D eigenvalue weighted by Gasteiger charge is -2.22. The average molecular weight is 336 g/mol. The number of rotatable bonds is 5. The van der Waals surface area contributed by atoms with Crippen LogP contribution in [0, 0.1) is 20.8 Å². The molecule has 0 saturated heterocycles. The fraction of sp³-hybridized carbons (Fsp3) is 0.412. The predicted molar refractivity (Wildman–Crippen MR) is 87.2 cm³/mol. The van der Waals surface area contributed by atoms with Gasteiger partial charge < -0.3 is 9.73 Å². The number of nitrogens with one attached hydrogen (secondary N) is 1. The summed E-state index contributed by atoms with van der Waals surface area (Å²) in [7, 11) is 0. The van der Waals surface area contributed by atoms with Gasteiger partial charge in [0.25, 0.3) is 0 Å². The van der Waals surface area contributed by atoms with E-state index in [1.165, 1.54) is 22.3 Å². The van der Waals surface area contributed by atoms with Gasteiger partial charge in [-0.15, -0.1) is 0 Å². The summed E-state index contributed by atoms with van der Waals surface area (Å²) < 4.78 is 6.73. The highest BCUT2D eigenvalue weighted by molar-refractivity contribution is 9.10. The average Bonchev–Trinajstić information content (AvgIpc) is 2.78. The van der Waals surface area contributed by atoms with Crippen molar-refractivity contribution in [3.63, 3.8) is 0 Å². The second-order valence-electron chi connectivity index (χ2n) is 5.33. The van der Waals surface area contributed by atoms with Crippen molar-refractivity contribution in [1.29, 1.82) is 0 Å². The van der Waals surface area contributed by atoms with Crippen LogP contribution in [-0.2, 0) is 0 Å². The van der Waals surface area contributed by atoms with Crippen LogP contribution >= 0.6 is 15.9 Å². The first-order valence-electron chi connectivity index (χ1n) is 7.08. The molecule has 1 N–H and O–H groups in total. The van der Waals surface area contributed by atoms with Crippen molar-refractivity contribution in [2.24, 2.45) is 0 Å². The van der Waals surface area contributed by atoms with E-state index in [1.54, 1.807) is 6.26 Å². The summed E-state index contributed by atoms with van der Waals surface area (Å²) in [5.41, 5.74) is 5.23. The van der Waals surface area contributed by atoms with E-state index >= 15 is 0 Å². The fourth-order valence-electron chi connectivity index (χ4n) is 2.77. The van der Waals surface area contributed by atoms with Gasteiger partial charge in [-0.2, -0.15) is 0 Å². The van der Waals surface area contributed by atoms with Crippen LogP contribution < -0.4 is 5.32 Å². The summed E-state index contributed by atoms with van der Waals surface area (Å²) in [5, 5.41) is 3.61. The summed E-state index contributed by atoms with van der Waals surface area (Å²) in [6.07, 6.45) is 2.83. The highest BCUT2D eigenvalue weighted by Crippen LogP contribution is 2.33. The Morgan fingerprint density at radius 2 is 1.85 bits per heavy atom. The van der Waals surface area contributed by atoms with Gasteiger partial charge in [0, 0.05) is 0 Å². The number of benzene rings is 1. The Kier molecular flexibility index (Phi) is 5.06. The Morgan fingerprint density at radius 3 is 2.35 bits per heavy atom. The molecule has 1 aromatic heterocycles. The lowest BCUT2D eigenvalue weighted by atomic mass is 9.92. The molecule has 1 aromatic carbocycles. The second-order valence-corrected chi connectivity index (χ2v) is 6.19. The highest BCUT2D eigenvalue weighted by atomic mass is 79.9. The van der Waals surface area contributed by atoms with E-state index in [0.29, 0.717) is 0 Å². The van der Waals surface area contributed by atoms with Crippen LogP contribution in [0.2, 0.25) is 0 Å². The second kappa shape index (κ2) is 6.59. The molecular formula is C17H22BrNO. The molecule has 0 spiro atoms. The predicted octanol–water partition coefficient (Wildman–Crippen LogP) is 5.06. The molecule has 0 aliphatic carbocycles. The number of hydrogen-bond donors (Lipinski definition) is 1. The highest BCUT2D eigenvalue weighted by Gasteiger charge is 2.22. The van der Waals surface area contributed by atoms with Crippen LogP contribution in [-0.4, -0.2) is 6.54 Å². The quantitative estimate of drug-likeness (QED) is 0.826. The largest absolute Gasteiger partial charge is 0.466 e. The molecule has 3 heteroatoms. The van der Waals surface area contributed by atoms with Gasteiger partial charge in [0.05, 0.1) is 16.8 Å². The Labute approximate surface area is 129 Å².